The number of amides is 1. The van der Waals surface area contributed by atoms with Gasteiger partial charge in [-0.25, -0.2) is 0 Å². The van der Waals surface area contributed by atoms with Crippen molar-refractivity contribution in [1.29, 1.82) is 0 Å². The molecule has 3 rings (SSSR count). The van der Waals surface area contributed by atoms with Gasteiger partial charge in [0.1, 0.15) is 5.75 Å². The summed E-state index contributed by atoms with van der Waals surface area (Å²) < 4.78 is 5.17. The molecule has 1 unspecified atom stereocenters. The Hall–Kier alpha value is -1.27. The number of benzene rings is 1. The lowest BCUT2D eigenvalue weighted by molar-refractivity contribution is 0.0639. The second kappa shape index (κ2) is 8.02. The van der Waals surface area contributed by atoms with E-state index in [0.717, 1.165) is 24.4 Å². The van der Waals surface area contributed by atoms with E-state index in [1.807, 2.05) is 34.5 Å². The van der Waals surface area contributed by atoms with E-state index in [4.69, 9.17) is 16.3 Å². The van der Waals surface area contributed by atoms with Crippen LogP contribution in [0.5, 0.6) is 5.75 Å². The predicted octanol–water partition coefficient (Wildman–Crippen LogP) is 3.62. The van der Waals surface area contributed by atoms with Gasteiger partial charge in [-0.1, -0.05) is 23.7 Å². The first-order chi connectivity index (χ1) is 10.7. The highest BCUT2D eigenvalue weighted by Gasteiger charge is 2.29. The molecule has 7 heteroatoms. The fourth-order valence-corrected chi connectivity index (χ4v) is 3.65. The number of carbonyl (C=O) groups excluding carboxylic acids is 1. The first kappa shape index (κ1) is 18.1. The Bertz CT molecular complexity index is 678. The standard InChI is InChI=1S/C16H17ClN2O2S.ClH/c1-21-13-8-15(22-10-13)16(20)19-6-5-18-9-14(19)11-3-2-4-12(17)7-11;/h2-4,7-8,10,14,18H,5-6,9H2,1H3;1H. The van der Waals surface area contributed by atoms with Crippen molar-refractivity contribution in [3.63, 3.8) is 0 Å². The fourth-order valence-electron chi connectivity index (χ4n) is 2.64. The quantitative estimate of drug-likeness (QED) is 0.894. The Morgan fingerprint density at radius 3 is 2.96 bits per heavy atom. The first-order valence-electron chi connectivity index (χ1n) is 7.08. The SMILES string of the molecule is COc1csc(C(=O)N2CCNCC2c2cccc(Cl)c2)c1.Cl. The van der Waals surface area contributed by atoms with Crippen LogP contribution in [0.15, 0.2) is 35.7 Å². The molecule has 0 saturated carbocycles. The van der Waals surface area contributed by atoms with Crippen molar-refractivity contribution in [2.75, 3.05) is 26.7 Å². The van der Waals surface area contributed by atoms with Crippen LogP contribution in [-0.4, -0.2) is 37.6 Å². The Morgan fingerprint density at radius 1 is 1.43 bits per heavy atom. The molecule has 23 heavy (non-hydrogen) atoms. The summed E-state index contributed by atoms with van der Waals surface area (Å²) >= 11 is 7.51. The minimum absolute atomic E-state index is 0. The Balaban J connectivity index is 0.00000192. The first-order valence-corrected chi connectivity index (χ1v) is 8.34. The van der Waals surface area contributed by atoms with E-state index in [9.17, 15) is 4.79 Å². The van der Waals surface area contributed by atoms with Gasteiger partial charge in [0.25, 0.3) is 5.91 Å². The Morgan fingerprint density at radius 2 is 2.26 bits per heavy atom. The Kier molecular flexibility index (Phi) is 6.30. The number of thiophene rings is 1. The minimum Gasteiger partial charge on any atom is -0.496 e. The van der Waals surface area contributed by atoms with E-state index < -0.39 is 0 Å². The third kappa shape index (κ3) is 3.98. The number of piperazine rings is 1. The number of nitrogens with one attached hydrogen (secondary N) is 1. The highest BCUT2D eigenvalue weighted by molar-refractivity contribution is 7.12. The van der Waals surface area contributed by atoms with Crippen molar-refractivity contribution in [3.8, 4) is 5.75 Å². The monoisotopic (exact) mass is 372 g/mol. The van der Waals surface area contributed by atoms with Gasteiger partial charge in [0.2, 0.25) is 0 Å². The van der Waals surface area contributed by atoms with Crippen LogP contribution in [0.2, 0.25) is 5.02 Å². The number of hydrogen-bond donors (Lipinski definition) is 1. The molecule has 0 bridgehead atoms. The lowest BCUT2D eigenvalue weighted by Crippen LogP contribution is -2.48. The number of hydrogen-bond acceptors (Lipinski definition) is 4. The van der Waals surface area contributed by atoms with Crippen molar-refractivity contribution < 1.29 is 9.53 Å². The summed E-state index contributed by atoms with van der Waals surface area (Å²) in [5.74, 6) is 0.766. The average molecular weight is 373 g/mol. The summed E-state index contributed by atoms with van der Waals surface area (Å²) in [5, 5.41) is 5.89. The summed E-state index contributed by atoms with van der Waals surface area (Å²) in [4.78, 5) is 15.4. The zero-order valence-corrected chi connectivity index (χ0v) is 15.0. The van der Waals surface area contributed by atoms with E-state index in [0.29, 0.717) is 16.4 Å². The second-order valence-corrected chi connectivity index (χ2v) is 6.47. The van der Waals surface area contributed by atoms with Crippen LogP contribution in [0, 0.1) is 0 Å². The fraction of sp³-hybridized carbons (Fsp3) is 0.312. The van der Waals surface area contributed by atoms with Gasteiger partial charge in [0.15, 0.2) is 0 Å². The molecule has 1 fully saturated rings. The number of methoxy groups -OCH3 is 1. The summed E-state index contributed by atoms with van der Waals surface area (Å²) in [7, 11) is 1.61. The van der Waals surface area contributed by atoms with Crippen LogP contribution < -0.4 is 10.1 Å². The lowest BCUT2D eigenvalue weighted by Gasteiger charge is -2.36. The van der Waals surface area contributed by atoms with E-state index in [-0.39, 0.29) is 24.4 Å². The van der Waals surface area contributed by atoms with Gasteiger partial charge >= 0.3 is 0 Å². The molecule has 1 amide bonds. The molecular weight excluding hydrogens is 355 g/mol. The van der Waals surface area contributed by atoms with Crippen LogP contribution in [0.3, 0.4) is 0 Å². The van der Waals surface area contributed by atoms with E-state index >= 15 is 0 Å². The summed E-state index contributed by atoms with van der Waals surface area (Å²) in [6.07, 6.45) is 0. The van der Waals surface area contributed by atoms with Crippen molar-refractivity contribution in [2.45, 2.75) is 6.04 Å². The summed E-state index contributed by atoms with van der Waals surface area (Å²) in [6.45, 7) is 2.20. The molecule has 2 heterocycles. The molecule has 1 N–H and O–H groups in total. The van der Waals surface area contributed by atoms with Gasteiger partial charge in [0, 0.05) is 36.1 Å². The molecule has 1 aromatic heterocycles. The molecule has 0 aliphatic carbocycles. The molecule has 124 valence electrons. The number of carbonyl (C=O) groups is 1. The summed E-state index contributed by atoms with van der Waals surface area (Å²) in [6, 6.07) is 9.49. The highest BCUT2D eigenvalue weighted by atomic mass is 35.5. The normalized spacial score (nSPS) is 17.5. The number of nitrogens with zero attached hydrogens (tertiary/aromatic N) is 1. The zero-order chi connectivity index (χ0) is 15.5. The molecule has 0 spiro atoms. The third-order valence-electron chi connectivity index (χ3n) is 3.76. The molecule has 1 atom stereocenters. The van der Waals surface area contributed by atoms with Gasteiger partial charge in [-0.2, -0.15) is 0 Å². The molecule has 1 aromatic carbocycles. The number of rotatable bonds is 3. The molecular formula is C16H18Cl2N2O2S. The van der Waals surface area contributed by atoms with Gasteiger partial charge < -0.3 is 15.0 Å². The third-order valence-corrected chi connectivity index (χ3v) is 4.89. The average Bonchev–Trinajstić information content (AvgIpc) is 3.03. The molecule has 2 aromatic rings. The summed E-state index contributed by atoms with van der Waals surface area (Å²) in [5.41, 5.74) is 1.05. The highest BCUT2D eigenvalue weighted by Crippen LogP contribution is 2.29. The van der Waals surface area contributed by atoms with E-state index in [1.54, 1.807) is 13.2 Å². The van der Waals surface area contributed by atoms with Crippen LogP contribution in [0.25, 0.3) is 0 Å². The van der Waals surface area contributed by atoms with Crippen molar-refractivity contribution in [3.05, 3.63) is 51.2 Å². The number of ether oxygens (including phenoxy) is 1. The van der Waals surface area contributed by atoms with Crippen LogP contribution in [-0.2, 0) is 0 Å². The molecule has 1 aliphatic heterocycles. The van der Waals surface area contributed by atoms with Gasteiger partial charge in [-0.3, -0.25) is 4.79 Å². The van der Waals surface area contributed by atoms with Crippen LogP contribution in [0.4, 0.5) is 0 Å². The molecule has 0 radical (unpaired) electrons. The maximum atomic E-state index is 12.8. The maximum Gasteiger partial charge on any atom is 0.264 e. The predicted molar refractivity (Wildman–Crippen MR) is 96.2 cm³/mol. The van der Waals surface area contributed by atoms with Crippen molar-refractivity contribution in [2.24, 2.45) is 0 Å². The number of halogens is 2. The van der Waals surface area contributed by atoms with Gasteiger partial charge in [-0.15, -0.1) is 23.7 Å². The van der Waals surface area contributed by atoms with E-state index in [2.05, 4.69) is 5.32 Å². The lowest BCUT2D eigenvalue weighted by atomic mass is 10.0. The van der Waals surface area contributed by atoms with Crippen LogP contribution >= 0.6 is 35.3 Å². The molecule has 1 aliphatic rings. The largest absolute Gasteiger partial charge is 0.496 e. The smallest absolute Gasteiger partial charge is 0.264 e. The zero-order valence-electron chi connectivity index (χ0n) is 12.6. The van der Waals surface area contributed by atoms with Crippen molar-refractivity contribution in [1.82, 2.24) is 10.2 Å². The topological polar surface area (TPSA) is 41.6 Å². The molecule has 4 nitrogen and oxygen atoms in total. The van der Waals surface area contributed by atoms with Crippen molar-refractivity contribution >= 4 is 41.3 Å². The maximum absolute atomic E-state index is 12.8. The van der Waals surface area contributed by atoms with Crippen LogP contribution in [0.1, 0.15) is 21.3 Å². The second-order valence-electron chi connectivity index (χ2n) is 5.12. The van der Waals surface area contributed by atoms with Gasteiger partial charge in [-0.05, 0) is 17.7 Å². The van der Waals surface area contributed by atoms with Gasteiger partial charge in [0.05, 0.1) is 18.0 Å². The minimum atomic E-state index is -0.00644. The van der Waals surface area contributed by atoms with E-state index in [1.165, 1.54) is 11.3 Å². The Labute approximate surface area is 150 Å². The molecule has 1 saturated heterocycles.